The van der Waals surface area contributed by atoms with E-state index in [1.807, 2.05) is 0 Å². The second kappa shape index (κ2) is 4.62. The molecule has 0 radical (unpaired) electrons. The molecule has 1 aromatic heterocycles. The van der Waals surface area contributed by atoms with Crippen molar-refractivity contribution < 1.29 is 36.5 Å². The van der Waals surface area contributed by atoms with Gasteiger partial charge in [-0.05, 0) is 12.1 Å². The van der Waals surface area contributed by atoms with E-state index in [1.165, 1.54) is 0 Å². The second-order valence-corrected chi connectivity index (χ2v) is 4.75. The van der Waals surface area contributed by atoms with E-state index in [1.54, 1.807) is 0 Å². The molecule has 0 aliphatic rings. The minimum Gasteiger partial charge on any atom is -0.780 e. The summed E-state index contributed by atoms with van der Waals surface area (Å²) < 4.78 is 57.0. The fourth-order valence-electron chi connectivity index (χ4n) is 1.56. The quantitative estimate of drug-likeness (QED) is 0.606. The van der Waals surface area contributed by atoms with Crippen LogP contribution in [-0.4, -0.2) is 0 Å². The van der Waals surface area contributed by atoms with Gasteiger partial charge in [-0.2, -0.15) is 13.2 Å². The smallest absolute Gasteiger partial charge is 0.417 e. The molecular formula is C10H4F3O6P-2. The summed E-state index contributed by atoms with van der Waals surface area (Å²) in [5.41, 5.74) is -3.05. The van der Waals surface area contributed by atoms with Gasteiger partial charge in [-0.25, -0.2) is 4.79 Å². The van der Waals surface area contributed by atoms with Crippen molar-refractivity contribution in [1.29, 1.82) is 0 Å². The maximum absolute atomic E-state index is 12.7. The summed E-state index contributed by atoms with van der Waals surface area (Å²) in [7, 11) is -5.36. The third-order valence-electron chi connectivity index (χ3n) is 2.24. The summed E-state index contributed by atoms with van der Waals surface area (Å²) in [5, 5.41) is -0.462. The van der Waals surface area contributed by atoms with Crippen LogP contribution in [0.2, 0.25) is 0 Å². The summed E-state index contributed by atoms with van der Waals surface area (Å²) in [5.74, 6) is -0.548. The molecule has 0 bridgehead atoms. The van der Waals surface area contributed by atoms with Crippen molar-refractivity contribution in [3.8, 4) is 5.75 Å². The molecule has 10 heteroatoms. The maximum Gasteiger partial charge on any atom is 0.417 e. The van der Waals surface area contributed by atoms with Crippen LogP contribution in [0.3, 0.4) is 0 Å². The molecule has 0 saturated carbocycles. The average Bonchev–Trinajstić information content (AvgIpc) is 2.23. The van der Waals surface area contributed by atoms with Crippen LogP contribution >= 0.6 is 7.82 Å². The van der Waals surface area contributed by atoms with Gasteiger partial charge in [0, 0.05) is 17.5 Å². The number of benzene rings is 1. The Bertz CT molecular complexity index is 760. The molecular weight excluding hydrogens is 304 g/mol. The zero-order valence-corrected chi connectivity index (χ0v) is 10.2. The highest BCUT2D eigenvalue weighted by atomic mass is 31.2. The third-order valence-corrected chi connectivity index (χ3v) is 2.67. The minimum atomic E-state index is -5.36. The zero-order chi connectivity index (χ0) is 15.1. The fraction of sp³-hybridized carbons (Fsp3) is 0.100. The largest absolute Gasteiger partial charge is 0.780 e. The topological polar surface area (TPSA) is 103 Å². The van der Waals surface area contributed by atoms with Gasteiger partial charge >= 0.3 is 11.8 Å². The Hall–Kier alpha value is -1.83. The molecule has 108 valence electrons. The summed E-state index contributed by atoms with van der Waals surface area (Å²) in [6, 6.07) is 2.68. The number of phosphoric acid groups is 1. The van der Waals surface area contributed by atoms with Crippen molar-refractivity contribution in [2.24, 2.45) is 0 Å². The number of phosphoric ester groups is 1. The highest BCUT2D eigenvalue weighted by Gasteiger charge is 2.33. The Morgan fingerprint density at radius 3 is 2.40 bits per heavy atom. The monoisotopic (exact) mass is 308 g/mol. The Morgan fingerprint density at radius 1 is 1.20 bits per heavy atom. The Kier molecular flexibility index (Phi) is 3.37. The van der Waals surface area contributed by atoms with E-state index < -0.39 is 41.9 Å². The molecule has 1 heterocycles. The first-order chi connectivity index (χ1) is 9.06. The molecule has 2 rings (SSSR count). The molecule has 20 heavy (non-hydrogen) atoms. The summed E-state index contributed by atoms with van der Waals surface area (Å²) in [4.78, 5) is 31.9. The van der Waals surface area contributed by atoms with Crippen LogP contribution in [-0.2, 0) is 10.7 Å². The van der Waals surface area contributed by atoms with Gasteiger partial charge in [0.05, 0.1) is 5.56 Å². The van der Waals surface area contributed by atoms with Gasteiger partial charge in [-0.15, -0.1) is 0 Å². The fourth-order valence-corrected chi connectivity index (χ4v) is 1.94. The van der Waals surface area contributed by atoms with Crippen molar-refractivity contribution in [3.05, 3.63) is 40.2 Å². The Morgan fingerprint density at radius 2 is 1.85 bits per heavy atom. The Labute approximate surface area is 108 Å². The molecule has 6 nitrogen and oxygen atoms in total. The van der Waals surface area contributed by atoms with Gasteiger partial charge in [0.1, 0.15) is 19.2 Å². The molecule has 1 aromatic carbocycles. The standard InChI is InChI=1S/C10H6F3O6P/c11-10(12,13)7-4-9(14)18-8-3-5(1-2-6(7)8)19-20(15,16)17/h1-4H,(H2,15,16,17)/p-2. The lowest BCUT2D eigenvalue weighted by Crippen LogP contribution is -2.18. The van der Waals surface area contributed by atoms with E-state index in [-0.39, 0.29) is 6.07 Å². The lowest BCUT2D eigenvalue weighted by atomic mass is 10.1. The van der Waals surface area contributed by atoms with Crippen molar-refractivity contribution in [1.82, 2.24) is 0 Å². The number of hydrogen-bond acceptors (Lipinski definition) is 6. The molecule has 0 amide bonds. The lowest BCUT2D eigenvalue weighted by molar-refractivity contribution is -0.333. The summed E-state index contributed by atoms with van der Waals surface area (Å²) >= 11 is 0. The van der Waals surface area contributed by atoms with E-state index in [9.17, 15) is 32.3 Å². The number of hydrogen-bond donors (Lipinski definition) is 0. The first-order valence-electron chi connectivity index (χ1n) is 4.93. The molecule has 2 aromatic rings. The molecule has 0 spiro atoms. The molecule has 0 N–H and O–H groups in total. The summed E-state index contributed by atoms with van der Waals surface area (Å²) in [6.45, 7) is 0. The van der Waals surface area contributed by atoms with Crippen molar-refractivity contribution in [3.63, 3.8) is 0 Å². The highest BCUT2D eigenvalue weighted by molar-refractivity contribution is 7.43. The number of fused-ring (bicyclic) bond motifs is 1. The predicted octanol–water partition coefficient (Wildman–Crippen LogP) is 1.02. The van der Waals surface area contributed by atoms with Gasteiger partial charge in [-0.3, -0.25) is 0 Å². The third kappa shape index (κ3) is 3.19. The van der Waals surface area contributed by atoms with Crippen molar-refractivity contribution >= 4 is 18.8 Å². The van der Waals surface area contributed by atoms with E-state index in [0.717, 1.165) is 12.1 Å². The normalized spacial score (nSPS) is 12.7. The van der Waals surface area contributed by atoms with Crippen molar-refractivity contribution in [2.75, 3.05) is 0 Å². The first kappa shape index (κ1) is 14.6. The van der Waals surface area contributed by atoms with Gasteiger partial charge in [0.15, 0.2) is 0 Å². The predicted molar refractivity (Wildman–Crippen MR) is 55.7 cm³/mol. The Balaban J connectivity index is 2.66. The highest BCUT2D eigenvalue weighted by Crippen LogP contribution is 2.36. The minimum absolute atomic E-state index is 0.273. The average molecular weight is 308 g/mol. The van der Waals surface area contributed by atoms with Gasteiger partial charge in [0.25, 0.3) is 0 Å². The van der Waals surface area contributed by atoms with Crippen LogP contribution in [0.15, 0.2) is 33.5 Å². The van der Waals surface area contributed by atoms with Crippen LogP contribution in [0.4, 0.5) is 13.2 Å². The molecule has 0 unspecified atom stereocenters. The summed E-state index contributed by atoms with van der Waals surface area (Å²) in [6.07, 6.45) is -4.79. The van der Waals surface area contributed by atoms with Crippen LogP contribution < -0.4 is 19.9 Å². The van der Waals surface area contributed by atoms with Gasteiger partial charge < -0.3 is 23.3 Å². The van der Waals surface area contributed by atoms with Crippen LogP contribution in [0.25, 0.3) is 11.0 Å². The van der Waals surface area contributed by atoms with E-state index in [2.05, 4.69) is 8.94 Å². The van der Waals surface area contributed by atoms with E-state index >= 15 is 0 Å². The number of halogens is 3. The SMILES string of the molecule is O=c1cc(C(F)(F)F)c2ccc(OP(=O)([O-])[O-])cc2o1. The molecule has 0 atom stereocenters. The van der Waals surface area contributed by atoms with Crippen LogP contribution in [0.1, 0.15) is 5.56 Å². The van der Waals surface area contributed by atoms with Gasteiger partial charge in [0.2, 0.25) is 0 Å². The maximum atomic E-state index is 12.7. The lowest BCUT2D eigenvalue weighted by Gasteiger charge is -2.28. The number of alkyl halides is 3. The van der Waals surface area contributed by atoms with E-state index in [4.69, 9.17) is 0 Å². The zero-order valence-electron chi connectivity index (χ0n) is 9.34. The molecule has 0 aliphatic heterocycles. The van der Waals surface area contributed by atoms with Crippen LogP contribution in [0.5, 0.6) is 5.75 Å². The van der Waals surface area contributed by atoms with Crippen molar-refractivity contribution in [2.45, 2.75) is 6.18 Å². The molecule has 0 fully saturated rings. The molecule has 0 aliphatic carbocycles. The number of rotatable bonds is 2. The second-order valence-electron chi connectivity index (χ2n) is 3.67. The first-order valence-corrected chi connectivity index (χ1v) is 6.39. The van der Waals surface area contributed by atoms with Gasteiger partial charge in [-0.1, -0.05) is 0 Å². The van der Waals surface area contributed by atoms with E-state index in [0.29, 0.717) is 6.07 Å². The molecule has 0 saturated heterocycles. The van der Waals surface area contributed by atoms with Crippen LogP contribution in [0, 0.1) is 0 Å².